The summed E-state index contributed by atoms with van der Waals surface area (Å²) < 4.78 is 1.82. The fourth-order valence-corrected chi connectivity index (χ4v) is 3.74. The number of para-hydroxylation sites is 1. The SMILES string of the molecule is Cn1cnc(C(=O)N2CCC[C@@H](Cc3cccc4cccnc34)C2)c1. The lowest BCUT2D eigenvalue weighted by atomic mass is 9.90. The third-order valence-electron chi connectivity index (χ3n) is 4.96. The van der Waals surface area contributed by atoms with Crippen LogP contribution in [0.5, 0.6) is 0 Å². The van der Waals surface area contributed by atoms with Crippen LogP contribution in [0.25, 0.3) is 10.9 Å². The van der Waals surface area contributed by atoms with E-state index >= 15 is 0 Å². The van der Waals surface area contributed by atoms with Crippen molar-refractivity contribution in [2.24, 2.45) is 13.0 Å². The zero-order valence-corrected chi connectivity index (χ0v) is 14.4. The molecule has 1 saturated heterocycles. The number of nitrogens with zero attached hydrogens (tertiary/aromatic N) is 4. The Morgan fingerprint density at radius 3 is 2.96 bits per heavy atom. The van der Waals surface area contributed by atoms with Gasteiger partial charge in [0, 0.05) is 37.9 Å². The van der Waals surface area contributed by atoms with Crippen LogP contribution in [0.3, 0.4) is 0 Å². The number of hydrogen-bond donors (Lipinski definition) is 0. The van der Waals surface area contributed by atoms with Gasteiger partial charge < -0.3 is 9.47 Å². The number of carbonyl (C=O) groups is 1. The van der Waals surface area contributed by atoms with Crippen LogP contribution in [0.2, 0.25) is 0 Å². The first-order chi connectivity index (χ1) is 12.2. The minimum atomic E-state index is 0.0429. The third-order valence-corrected chi connectivity index (χ3v) is 4.96. The van der Waals surface area contributed by atoms with E-state index in [9.17, 15) is 4.79 Å². The highest BCUT2D eigenvalue weighted by Crippen LogP contribution is 2.25. The Morgan fingerprint density at radius 2 is 2.12 bits per heavy atom. The molecule has 2 aromatic heterocycles. The molecule has 1 aromatic carbocycles. The number of likely N-dealkylation sites (tertiary alicyclic amines) is 1. The van der Waals surface area contributed by atoms with E-state index < -0.39 is 0 Å². The van der Waals surface area contributed by atoms with Crippen molar-refractivity contribution in [1.82, 2.24) is 19.4 Å². The summed E-state index contributed by atoms with van der Waals surface area (Å²) in [4.78, 5) is 23.4. The lowest BCUT2D eigenvalue weighted by Gasteiger charge is -2.32. The first-order valence-corrected chi connectivity index (χ1v) is 8.80. The van der Waals surface area contributed by atoms with E-state index in [0.29, 0.717) is 11.6 Å². The standard InChI is InChI=1S/C20H22N4O/c1-23-13-18(22-14-23)20(25)24-10-4-5-15(12-24)11-17-7-2-6-16-8-3-9-21-19(16)17/h2-3,6-9,13-15H,4-5,10-12H2,1H3/t15-/m0/s1. The van der Waals surface area contributed by atoms with E-state index in [-0.39, 0.29) is 5.91 Å². The quantitative estimate of drug-likeness (QED) is 0.740. The first kappa shape index (κ1) is 15.8. The van der Waals surface area contributed by atoms with Gasteiger partial charge in [-0.25, -0.2) is 4.98 Å². The number of imidazole rings is 1. The normalized spacial score (nSPS) is 17.8. The third kappa shape index (κ3) is 3.27. The maximum Gasteiger partial charge on any atom is 0.274 e. The molecule has 1 aliphatic heterocycles. The van der Waals surface area contributed by atoms with Crippen LogP contribution in [0.1, 0.15) is 28.9 Å². The van der Waals surface area contributed by atoms with Gasteiger partial charge in [-0.3, -0.25) is 9.78 Å². The number of piperidine rings is 1. The van der Waals surface area contributed by atoms with Crippen molar-refractivity contribution >= 4 is 16.8 Å². The Morgan fingerprint density at radius 1 is 1.24 bits per heavy atom. The molecule has 5 heteroatoms. The molecular formula is C20H22N4O. The number of amides is 1. The van der Waals surface area contributed by atoms with Crippen LogP contribution in [0.4, 0.5) is 0 Å². The molecule has 0 aliphatic carbocycles. The highest BCUT2D eigenvalue weighted by molar-refractivity contribution is 5.92. The summed E-state index contributed by atoms with van der Waals surface area (Å²) in [6, 6.07) is 10.4. The van der Waals surface area contributed by atoms with Gasteiger partial charge >= 0.3 is 0 Å². The number of aromatic nitrogens is 3. The van der Waals surface area contributed by atoms with Gasteiger partial charge in [-0.05, 0) is 36.8 Å². The second-order valence-electron chi connectivity index (χ2n) is 6.88. The van der Waals surface area contributed by atoms with Gasteiger partial charge in [0.05, 0.1) is 11.8 Å². The molecule has 1 aliphatic rings. The van der Waals surface area contributed by atoms with Crippen molar-refractivity contribution in [2.45, 2.75) is 19.3 Å². The Kier molecular flexibility index (Phi) is 4.22. The predicted molar refractivity (Wildman–Crippen MR) is 97.3 cm³/mol. The molecular weight excluding hydrogens is 312 g/mol. The number of rotatable bonds is 3. The Hall–Kier alpha value is -2.69. The topological polar surface area (TPSA) is 51.0 Å². The van der Waals surface area contributed by atoms with Crippen LogP contribution >= 0.6 is 0 Å². The maximum absolute atomic E-state index is 12.7. The van der Waals surface area contributed by atoms with Crippen LogP contribution in [-0.4, -0.2) is 38.4 Å². The van der Waals surface area contributed by atoms with E-state index in [1.807, 2.05) is 28.8 Å². The van der Waals surface area contributed by atoms with Crippen molar-refractivity contribution in [3.8, 4) is 0 Å². The molecule has 1 atom stereocenters. The van der Waals surface area contributed by atoms with Crippen LogP contribution < -0.4 is 0 Å². The van der Waals surface area contributed by atoms with Crippen LogP contribution in [0, 0.1) is 5.92 Å². The minimum Gasteiger partial charge on any atom is -0.340 e. The molecule has 0 spiro atoms. The van der Waals surface area contributed by atoms with Gasteiger partial charge in [-0.15, -0.1) is 0 Å². The highest BCUT2D eigenvalue weighted by Gasteiger charge is 2.26. The van der Waals surface area contributed by atoms with E-state index in [0.717, 1.165) is 37.9 Å². The fourth-order valence-electron chi connectivity index (χ4n) is 3.74. The minimum absolute atomic E-state index is 0.0429. The van der Waals surface area contributed by atoms with E-state index in [1.54, 1.807) is 12.5 Å². The summed E-state index contributed by atoms with van der Waals surface area (Å²) in [5.41, 5.74) is 2.89. The first-order valence-electron chi connectivity index (χ1n) is 8.80. The van der Waals surface area contributed by atoms with Gasteiger partial charge in [-0.1, -0.05) is 24.3 Å². The van der Waals surface area contributed by atoms with Gasteiger partial charge in [0.25, 0.3) is 5.91 Å². The second kappa shape index (κ2) is 6.67. The largest absolute Gasteiger partial charge is 0.340 e. The zero-order valence-electron chi connectivity index (χ0n) is 14.4. The Labute approximate surface area is 147 Å². The summed E-state index contributed by atoms with van der Waals surface area (Å²) in [6.45, 7) is 1.61. The fraction of sp³-hybridized carbons (Fsp3) is 0.350. The van der Waals surface area contributed by atoms with Gasteiger partial charge in [0.15, 0.2) is 0 Å². The lowest BCUT2D eigenvalue weighted by molar-refractivity contribution is 0.0668. The molecule has 3 heterocycles. The van der Waals surface area contributed by atoms with E-state index in [4.69, 9.17) is 0 Å². The van der Waals surface area contributed by atoms with E-state index in [1.165, 1.54) is 10.9 Å². The number of pyridine rings is 1. The van der Waals surface area contributed by atoms with Crippen molar-refractivity contribution in [3.63, 3.8) is 0 Å². The summed E-state index contributed by atoms with van der Waals surface area (Å²) >= 11 is 0. The maximum atomic E-state index is 12.7. The van der Waals surface area contributed by atoms with Crippen molar-refractivity contribution in [2.75, 3.05) is 13.1 Å². The Bertz CT molecular complexity index is 896. The number of fused-ring (bicyclic) bond motifs is 1. The predicted octanol–water partition coefficient (Wildman–Crippen LogP) is 3.06. The molecule has 0 unspecified atom stereocenters. The number of carbonyl (C=O) groups excluding carboxylic acids is 1. The molecule has 0 radical (unpaired) electrons. The molecule has 1 fully saturated rings. The summed E-state index contributed by atoms with van der Waals surface area (Å²) in [5.74, 6) is 0.510. The van der Waals surface area contributed by atoms with Crippen molar-refractivity contribution < 1.29 is 4.79 Å². The smallest absolute Gasteiger partial charge is 0.274 e. The van der Waals surface area contributed by atoms with Gasteiger partial charge in [0.2, 0.25) is 0 Å². The molecule has 25 heavy (non-hydrogen) atoms. The summed E-state index contributed by atoms with van der Waals surface area (Å²) in [7, 11) is 1.89. The summed E-state index contributed by atoms with van der Waals surface area (Å²) in [6.07, 6.45) is 8.47. The van der Waals surface area contributed by atoms with Crippen LogP contribution in [-0.2, 0) is 13.5 Å². The second-order valence-corrected chi connectivity index (χ2v) is 6.88. The van der Waals surface area contributed by atoms with E-state index in [2.05, 4.69) is 34.2 Å². The average Bonchev–Trinajstić information content (AvgIpc) is 3.08. The molecule has 5 nitrogen and oxygen atoms in total. The number of benzene rings is 1. The summed E-state index contributed by atoms with van der Waals surface area (Å²) in [5, 5.41) is 1.18. The number of hydrogen-bond acceptors (Lipinski definition) is 3. The molecule has 1 amide bonds. The molecule has 0 N–H and O–H groups in total. The van der Waals surface area contributed by atoms with Gasteiger partial charge in [-0.2, -0.15) is 0 Å². The molecule has 4 rings (SSSR count). The molecule has 0 saturated carbocycles. The molecule has 0 bridgehead atoms. The number of aryl methyl sites for hydroxylation is 1. The highest BCUT2D eigenvalue weighted by atomic mass is 16.2. The zero-order chi connectivity index (χ0) is 17.2. The Balaban J connectivity index is 1.50. The average molecular weight is 334 g/mol. The molecule has 128 valence electrons. The van der Waals surface area contributed by atoms with Crippen molar-refractivity contribution in [1.29, 1.82) is 0 Å². The lowest BCUT2D eigenvalue weighted by Crippen LogP contribution is -2.40. The van der Waals surface area contributed by atoms with Crippen molar-refractivity contribution in [3.05, 3.63) is 60.3 Å². The molecule has 3 aromatic rings. The van der Waals surface area contributed by atoms with Gasteiger partial charge in [0.1, 0.15) is 5.69 Å². The van der Waals surface area contributed by atoms with Crippen LogP contribution in [0.15, 0.2) is 49.1 Å². The monoisotopic (exact) mass is 334 g/mol.